The average molecular weight is 341 g/mol. The number of hydrogen-bond donors (Lipinski definition) is 1. The predicted octanol–water partition coefficient (Wildman–Crippen LogP) is 6.41. The summed E-state index contributed by atoms with van der Waals surface area (Å²) in [5.41, 5.74) is 3.81. The molecule has 0 radical (unpaired) electrons. The normalized spacial score (nSPS) is 10.9. The number of aryl methyl sites for hydroxylation is 1. The molecule has 0 aromatic heterocycles. The number of carbonyl (C=O) groups is 1. The minimum absolute atomic E-state index is 0.445. The first-order valence-corrected chi connectivity index (χ1v) is 10.4. The van der Waals surface area contributed by atoms with Gasteiger partial charge in [-0.25, -0.2) is 4.79 Å². The summed E-state index contributed by atoms with van der Waals surface area (Å²) < 4.78 is 0. The first-order chi connectivity index (χ1) is 10.5. The van der Waals surface area contributed by atoms with Crippen molar-refractivity contribution in [3.05, 3.63) is 28.3 Å². The van der Waals surface area contributed by atoms with Crippen LogP contribution in [-0.4, -0.2) is 16.8 Å². The third kappa shape index (κ3) is 5.88. The van der Waals surface area contributed by atoms with Crippen LogP contribution in [0.2, 0.25) is 0 Å². The highest BCUT2D eigenvalue weighted by Gasteiger charge is 2.16. The first kappa shape index (κ1) is 19.4. The van der Waals surface area contributed by atoms with Crippen LogP contribution >= 0.6 is 21.6 Å². The van der Waals surface area contributed by atoms with Gasteiger partial charge in [-0.1, -0.05) is 60.6 Å². The Morgan fingerprint density at radius 2 is 1.68 bits per heavy atom. The van der Waals surface area contributed by atoms with Gasteiger partial charge in [0.1, 0.15) is 0 Å². The minimum Gasteiger partial charge on any atom is -0.478 e. The van der Waals surface area contributed by atoms with Crippen molar-refractivity contribution in [2.24, 2.45) is 0 Å². The van der Waals surface area contributed by atoms with Gasteiger partial charge in [0.2, 0.25) is 0 Å². The molecule has 1 aromatic carbocycles. The van der Waals surface area contributed by atoms with Gasteiger partial charge in [0, 0.05) is 10.6 Å². The third-order valence-corrected chi connectivity index (χ3v) is 6.67. The van der Waals surface area contributed by atoms with Gasteiger partial charge in [0.25, 0.3) is 0 Å². The quantitative estimate of drug-likeness (QED) is 0.394. The van der Waals surface area contributed by atoms with Crippen molar-refractivity contribution < 1.29 is 9.90 Å². The fraction of sp³-hybridized carbons (Fsp3) is 0.611. The summed E-state index contributed by atoms with van der Waals surface area (Å²) in [6.07, 6.45) is 7.79. The molecule has 2 nitrogen and oxygen atoms in total. The second-order valence-corrected chi connectivity index (χ2v) is 8.22. The van der Waals surface area contributed by atoms with Crippen LogP contribution in [0.1, 0.15) is 72.5 Å². The molecule has 0 fully saturated rings. The maximum Gasteiger partial charge on any atom is 0.336 e. The van der Waals surface area contributed by atoms with Crippen LogP contribution in [-0.2, 0) is 0 Å². The molecule has 0 aliphatic carbocycles. The Labute approximate surface area is 142 Å². The van der Waals surface area contributed by atoms with Gasteiger partial charge >= 0.3 is 5.97 Å². The highest BCUT2D eigenvalue weighted by Crippen LogP contribution is 2.38. The molecule has 0 heterocycles. The van der Waals surface area contributed by atoms with Crippen molar-refractivity contribution in [2.75, 3.05) is 5.75 Å². The van der Waals surface area contributed by atoms with Crippen LogP contribution in [0.5, 0.6) is 0 Å². The van der Waals surface area contributed by atoms with E-state index in [-0.39, 0.29) is 0 Å². The van der Waals surface area contributed by atoms with Crippen molar-refractivity contribution in [1.82, 2.24) is 0 Å². The molecule has 0 aliphatic rings. The van der Waals surface area contributed by atoms with Crippen LogP contribution in [0.25, 0.3) is 0 Å². The summed E-state index contributed by atoms with van der Waals surface area (Å²) in [7, 11) is 3.41. The van der Waals surface area contributed by atoms with Crippen LogP contribution in [0.3, 0.4) is 0 Å². The second-order valence-electron chi connectivity index (χ2n) is 5.80. The van der Waals surface area contributed by atoms with Gasteiger partial charge < -0.3 is 5.11 Å². The summed E-state index contributed by atoms with van der Waals surface area (Å²) in [6.45, 7) is 8.31. The van der Waals surface area contributed by atoms with Gasteiger partial charge in [-0.3, -0.25) is 0 Å². The summed E-state index contributed by atoms with van der Waals surface area (Å²) in [6, 6.07) is 1.80. The maximum atomic E-state index is 11.5. The number of aromatic carboxylic acids is 1. The zero-order chi connectivity index (χ0) is 16.5. The molecule has 22 heavy (non-hydrogen) atoms. The molecular weight excluding hydrogens is 312 g/mol. The molecule has 0 saturated heterocycles. The molecule has 0 spiro atoms. The summed E-state index contributed by atoms with van der Waals surface area (Å²) in [4.78, 5) is 12.4. The zero-order valence-corrected chi connectivity index (χ0v) is 15.8. The minimum atomic E-state index is -0.825. The smallest absolute Gasteiger partial charge is 0.336 e. The van der Waals surface area contributed by atoms with Crippen molar-refractivity contribution in [3.8, 4) is 0 Å². The Balaban J connectivity index is 2.52. The van der Waals surface area contributed by atoms with E-state index in [0.29, 0.717) is 5.56 Å². The topological polar surface area (TPSA) is 37.3 Å². The Kier molecular flexibility index (Phi) is 9.03. The SMILES string of the molecule is CCCCCCCCSSc1c(C(=O)O)cc(C)c(C)c1C. The summed E-state index contributed by atoms with van der Waals surface area (Å²) in [5, 5.41) is 9.41. The molecule has 0 amide bonds. The van der Waals surface area contributed by atoms with E-state index in [4.69, 9.17) is 0 Å². The number of carboxylic acids is 1. The molecule has 4 heteroatoms. The van der Waals surface area contributed by atoms with E-state index < -0.39 is 5.97 Å². The molecule has 1 N–H and O–H groups in total. The van der Waals surface area contributed by atoms with Crippen molar-refractivity contribution in [1.29, 1.82) is 0 Å². The Morgan fingerprint density at radius 3 is 2.32 bits per heavy atom. The highest BCUT2D eigenvalue weighted by atomic mass is 33.1. The Bertz CT molecular complexity index is 498. The van der Waals surface area contributed by atoms with E-state index in [0.717, 1.165) is 21.8 Å². The standard InChI is InChI=1S/C18H28O2S2/c1-5-6-7-8-9-10-11-21-22-17-15(4)14(3)13(2)12-16(17)18(19)20/h12H,5-11H2,1-4H3,(H,19,20). The predicted molar refractivity (Wildman–Crippen MR) is 99.3 cm³/mol. The lowest BCUT2D eigenvalue weighted by molar-refractivity contribution is 0.0693. The molecule has 1 aromatic rings. The second kappa shape index (κ2) is 10.2. The molecule has 0 bridgehead atoms. The lowest BCUT2D eigenvalue weighted by atomic mass is 10.0. The van der Waals surface area contributed by atoms with E-state index in [1.165, 1.54) is 44.1 Å². The maximum absolute atomic E-state index is 11.5. The van der Waals surface area contributed by atoms with Gasteiger partial charge in [-0.05, 0) is 49.9 Å². The van der Waals surface area contributed by atoms with E-state index in [2.05, 4.69) is 13.8 Å². The highest BCUT2D eigenvalue weighted by molar-refractivity contribution is 8.76. The molecule has 0 atom stereocenters. The van der Waals surface area contributed by atoms with E-state index >= 15 is 0 Å². The lowest BCUT2D eigenvalue weighted by Gasteiger charge is -2.14. The van der Waals surface area contributed by atoms with E-state index in [9.17, 15) is 9.90 Å². The van der Waals surface area contributed by atoms with Gasteiger partial charge in [-0.15, -0.1) is 0 Å². The Morgan fingerprint density at radius 1 is 1.05 bits per heavy atom. The summed E-state index contributed by atoms with van der Waals surface area (Å²) in [5.74, 6) is 0.260. The van der Waals surface area contributed by atoms with Crippen molar-refractivity contribution in [2.45, 2.75) is 71.1 Å². The summed E-state index contributed by atoms with van der Waals surface area (Å²) >= 11 is 0. The van der Waals surface area contributed by atoms with Gasteiger partial charge in [-0.2, -0.15) is 0 Å². The van der Waals surface area contributed by atoms with Crippen molar-refractivity contribution in [3.63, 3.8) is 0 Å². The number of benzene rings is 1. The first-order valence-electron chi connectivity index (χ1n) is 8.12. The van der Waals surface area contributed by atoms with Crippen LogP contribution < -0.4 is 0 Å². The fourth-order valence-corrected chi connectivity index (χ4v) is 5.01. The van der Waals surface area contributed by atoms with Gasteiger partial charge in [0.15, 0.2) is 0 Å². The van der Waals surface area contributed by atoms with Crippen LogP contribution in [0, 0.1) is 20.8 Å². The van der Waals surface area contributed by atoms with Crippen molar-refractivity contribution >= 4 is 27.6 Å². The van der Waals surface area contributed by atoms with Crippen LogP contribution in [0.15, 0.2) is 11.0 Å². The van der Waals surface area contributed by atoms with Crippen LogP contribution in [0.4, 0.5) is 0 Å². The number of rotatable bonds is 10. The molecule has 0 unspecified atom stereocenters. The molecule has 0 saturated carbocycles. The average Bonchev–Trinajstić information content (AvgIpc) is 2.49. The molecule has 1 rings (SSSR count). The van der Waals surface area contributed by atoms with Gasteiger partial charge in [0.05, 0.1) is 5.56 Å². The molecule has 124 valence electrons. The largest absolute Gasteiger partial charge is 0.478 e. The Hall–Kier alpha value is -0.610. The lowest BCUT2D eigenvalue weighted by Crippen LogP contribution is -2.03. The zero-order valence-electron chi connectivity index (χ0n) is 14.2. The van der Waals surface area contributed by atoms with E-state index in [1.807, 2.05) is 13.8 Å². The third-order valence-electron chi connectivity index (χ3n) is 4.05. The molecule has 0 aliphatic heterocycles. The number of hydrogen-bond acceptors (Lipinski definition) is 3. The monoisotopic (exact) mass is 340 g/mol. The molecular formula is C18H28O2S2. The number of carboxylic acid groups (broad SMARTS) is 1. The van der Waals surface area contributed by atoms with E-state index in [1.54, 1.807) is 27.7 Å². The fourth-order valence-electron chi connectivity index (χ4n) is 2.37. The number of unbranched alkanes of at least 4 members (excludes halogenated alkanes) is 5.